The predicted molar refractivity (Wildman–Crippen MR) is 119 cm³/mol. The van der Waals surface area contributed by atoms with Gasteiger partial charge in [0.2, 0.25) is 17.7 Å². The van der Waals surface area contributed by atoms with Gasteiger partial charge in [-0.1, -0.05) is 31.9 Å². The number of nitrogens with one attached hydrogen (secondary N) is 2. The maximum Gasteiger partial charge on any atom is 0.257 e. The first-order valence-corrected chi connectivity index (χ1v) is 11.0. The number of nitrogens with zero attached hydrogens (tertiary/aromatic N) is 2. The molecule has 3 heterocycles. The van der Waals surface area contributed by atoms with Crippen LogP contribution in [0.2, 0.25) is 5.02 Å². The van der Waals surface area contributed by atoms with E-state index in [-0.39, 0.29) is 41.1 Å². The van der Waals surface area contributed by atoms with Crippen LogP contribution in [0.25, 0.3) is 0 Å². The van der Waals surface area contributed by atoms with Gasteiger partial charge in [-0.15, -0.1) is 0 Å². The Kier molecular flexibility index (Phi) is 6.32. The first-order chi connectivity index (χ1) is 15.4. The maximum atomic E-state index is 13.0. The van der Waals surface area contributed by atoms with Crippen molar-refractivity contribution in [3.05, 3.63) is 53.2 Å². The molecule has 8 nitrogen and oxygen atoms in total. The normalized spacial score (nSPS) is 23.3. The molecule has 168 valence electrons. The lowest BCUT2D eigenvalue weighted by Gasteiger charge is -2.36. The number of hydrogen-bond donors (Lipinski definition) is 2. The average Bonchev–Trinajstić information content (AvgIpc) is 3.22. The van der Waals surface area contributed by atoms with E-state index in [2.05, 4.69) is 15.6 Å². The number of aromatic nitrogens is 1. The first kappa shape index (κ1) is 22.1. The number of piperazine rings is 1. The molecule has 2 aliphatic rings. The lowest BCUT2D eigenvalue weighted by molar-refractivity contribution is -0.148. The van der Waals surface area contributed by atoms with E-state index in [1.54, 1.807) is 41.3 Å². The summed E-state index contributed by atoms with van der Waals surface area (Å²) < 4.78 is 5.77. The van der Waals surface area contributed by atoms with E-state index in [4.69, 9.17) is 16.3 Å². The van der Waals surface area contributed by atoms with Crippen LogP contribution >= 0.6 is 11.6 Å². The van der Waals surface area contributed by atoms with Gasteiger partial charge >= 0.3 is 0 Å². The second kappa shape index (κ2) is 9.16. The Labute approximate surface area is 191 Å². The third-order valence-corrected chi connectivity index (χ3v) is 6.29. The molecule has 1 aromatic heterocycles. The Morgan fingerprint density at radius 2 is 2.06 bits per heavy atom. The molecule has 2 aromatic rings. The van der Waals surface area contributed by atoms with E-state index in [0.29, 0.717) is 23.7 Å². The van der Waals surface area contributed by atoms with Crippen LogP contribution in [-0.2, 0) is 9.59 Å². The van der Waals surface area contributed by atoms with Gasteiger partial charge < -0.3 is 20.3 Å². The van der Waals surface area contributed by atoms with E-state index < -0.39 is 12.1 Å². The molecule has 0 spiro atoms. The highest BCUT2D eigenvalue weighted by atomic mass is 35.5. The molecule has 0 radical (unpaired) electrons. The molecule has 2 saturated heterocycles. The highest BCUT2D eigenvalue weighted by Crippen LogP contribution is 2.27. The quantitative estimate of drug-likeness (QED) is 0.696. The van der Waals surface area contributed by atoms with Gasteiger partial charge in [0, 0.05) is 23.8 Å². The van der Waals surface area contributed by atoms with Crippen molar-refractivity contribution in [3.8, 4) is 11.6 Å². The molecule has 9 heteroatoms. The number of pyridine rings is 1. The molecule has 4 atom stereocenters. The third kappa shape index (κ3) is 4.41. The lowest BCUT2D eigenvalue weighted by Crippen LogP contribution is -2.62. The van der Waals surface area contributed by atoms with Crippen LogP contribution in [-0.4, -0.2) is 52.3 Å². The highest BCUT2D eigenvalue weighted by Gasteiger charge is 2.47. The molecular weight excluding hydrogens is 432 g/mol. The molecule has 0 saturated carbocycles. The number of benzene rings is 1. The van der Waals surface area contributed by atoms with Gasteiger partial charge in [0.15, 0.2) is 0 Å². The monoisotopic (exact) mass is 456 g/mol. The lowest BCUT2D eigenvalue weighted by atomic mass is 9.95. The summed E-state index contributed by atoms with van der Waals surface area (Å²) in [6.07, 6.45) is 2.69. The molecule has 3 amide bonds. The summed E-state index contributed by atoms with van der Waals surface area (Å²) in [6, 6.07) is 8.58. The van der Waals surface area contributed by atoms with E-state index >= 15 is 0 Å². The number of fused-ring (bicyclic) bond motifs is 1. The number of amides is 3. The number of carbonyl (C=O) groups excluding carboxylic acids is 3. The number of rotatable bonds is 6. The van der Waals surface area contributed by atoms with E-state index in [1.165, 1.54) is 6.20 Å². The van der Waals surface area contributed by atoms with Crippen molar-refractivity contribution in [3.63, 3.8) is 0 Å². The smallest absolute Gasteiger partial charge is 0.257 e. The zero-order valence-electron chi connectivity index (χ0n) is 17.9. The molecule has 4 rings (SSSR count). The van der Waals surface area contributed by atoms with Crippen LogP contribution in [0.3, 0.4) is 0 Å². The Hall–Kier alpha value is -3.13. The Bertz CT molecular complexity index is 1030. The summed E-state index contributed by atoms with van der Waals surface area (Å²) in [7, 11) is 0. The fourth-order valence-corrected chi connectivity index (χ4v) is 4.19. The van der Waals surface area contributed by atoms with Gasteiger partial charge in [-0.3, -0.25) is 14.4 Å². The second-order valence-electron chi connectivity index (χ2n) is 8.20. The standard InChI is InChI=1S/C23H25ClN4O4/c1-3-13(2)19-23(31)28-12-15(11-18(28)21(30)27-19)26-20(29)17-5-4-10-25-22(17)32-16-8-6-14(24)7-9-16/h4-10,13,15,18-19H,3,11-12H2,1-2H3,(H,26,29)(H,27,30)/t13-,15-,18-,19-/m0/s1. The van der Waals surface area contributed by atoms with Gasteiger partial charge in [0.05, 0.1) is 0 Å². The van der Waals surface area contributed by atoms with Crippen molar-refractivity contribution in [2.75, 3.05) is 6.54 Å². The molecular formula is C23H25ClN4O4. The van der Waals surface area contributed by atoms with Gasteiger partial charge in [-0.2, -0.15) is 0 Å². The van der Waals surface area contributed by atoms with Crippen LogP contribution in [0, 0.1) is 5.92 Å². The summed E-state index contributed by atoms with van der Waals surface area (Å²) in [4.78, 5) is 44.2. The number of ether oxygens (including phenoxy) is 1. The molecule has 0 unspecified atom stereocenters. The van der Waals surface area contributed by atoms with E-state index in [1.807, 2.05) is 13.8 Å². The first-order valence-electron chi connectivity index (χ1n) is 10.7. The zero-order chi connectivity index (χ0) is 22.8. The maximum absolute atomic E-state index is 13.0. The predicted octanol–water partition coefficient (Wildman–Crippen LogP) is 2.77. The number of halogens is 1. The fourth-order valence-electron chi connectivity index (χ4n) is 4.07. The average molecular weight is 457 g/mol. The highest BCUT2D eigenvalue weighted by molar-refractivity contribution is 6.30. The van der Waals surface area contributed by atoms with Crippen molar-refractivity contribution < 1.29 is 19.1 Å². The summed E-state index contributed by atoms with van der Waals surface area (Å²) in [5.41, 5.74) is 0.264. The van der Waals surface area contributed by atoms with E-state index in [0.717, 1.165) is 6.42 Å². The van der Waals surface area contributed by atoms with Crippen molar-refractivity contribution in [1.29, 1.82) is 0 Å². The largest absolute Gasteiger partial charge is 0.438 e. The van der Waals surface area contributed by atoms with Gasteiger partial charge in [0.25, 0.3) is 5.91 Å². The topological polar surface area (TPSA) is 101 Å². The summed E-state index contributed by atoms with van der Waals surface area (Å²) in [6.45, 7) is 4.23. The molecule has 2 aliphatic heterocycles. The van der Waals surface area contributed by atoms with Gasteiger partial charge in [-0.05, 0) is 48.7 Å². The van der Waals surface area contributed by atoms with Gasteiger partial charge in [-0.25, -0.2) is 4.98 Å². The van der Waals surface area contributed by atoms with Crippen molar-refractivity contribution >= 4 is 29.3 Å². The van der Waals surface area contributed by atoms with E-state index in [9.17, 15) is 14.4 Å². The van der Waals surface area contributed by atoms with Crippen molar-refractivity contribution in [2.24, 2.45) is 5.92 Å². The van der Waals surface area contributed by atoms with Crippen LogP contribution in [0.15, 0.2) is 42.6 Å². The summed E-state index contributed by atoms with van der Waals surface area (Å²) in [5, 5.41) is 6.36. The summed E-state index contributed by atoms with van der Waals surface area (Å²) in [5.74, 6) is 0.0723. The van der Waals surface area contributed by atoms with Crippen LogP contribution in [0.1, 0.15) is 37.0 Å². The third-order valence-electron chi connectivity index (χ3n) is 6.04. The molecule has 2 N–H and O–H groups in total. The molecule has 0 aliphatic carbocycles. The zero-order valence-corrected chi connectivity index (χ0v) is 18.6. The SMILES string of the molecule is CC[C@H](C)[C@@H]1NC(=O)[C@@H]2C[C@H](NC(=O)c3cccnc3Oc3ccc(Cl)cc3)CN2C1=O. The van der Waals surface area contributed by atoms with Gasteiger partial charge in [0.1, 0.15) is 23.4 Å². The van der Waals surface area contributed by atoms with Crippen molar-refractivity contribution in [1.82, 2.24) is 20.5 Å². The minimum atomic E-state index is -0.563. The molecule has 0 bridgehead atoms. The number of carbonyl (C=O) groups is 3. The van der Waals surface area contributed by atoms with Crippen LogP contribution < -0.4 is 15.4 Å². The van der Waals surface area contributed by atoms with Crippen LogP contribution in [0.4, 0.5) is 0 Å². The number of hydrogen-bond acceptors (Lipinski definition) is 5. The molecule has 32 heavy (non-hydrogen) atoms. The second-order valence-corrected chi connectivity index (χ2v) is 8.63. The Morgan fingerprint density at radius 1 is 1.31 bits per heavy atom. The molecule has 1 aromatic carbocycles. The Balaban J connectivity index is 1.46. The Morgan fingerprint density at radius 3 is 2.78 bits per heavy atom. The van der Waals surface area contributed by atoms with Crippen molar-refractivity contribution in [2.45, 2.75) is 44.8 Å². The fraction of sp³-hybridized carbons (Fsp3) is 0.391. The minimum Gasteiger partial charge on any atom is -0.438 e. The minimum absolute atomic E-state index is 0.0454. The molecule has 2 fully saturated rings. The van der Waals surface area contributed by atoms with Crippen LogP contribution in [0.5, 0.6) is 11.6 Å². The summed E-state index contributed by atoms with van der Waals surface area (Å²) >= 11 is 5.91.